The Morgan fingerprint density at radius 1 is 1.10 bits per heavy atom. The number of anilines is 1. The Kier molecular flexibility index (Phi) is 10.5. The number of hydrogen-bond donors (Lipinski definition) is 3. The maximum absolute atomic E-state index is 14.2. The number of nitrogens with one attached hydrogen (secondary N) is 1. The average Bonchev–Trinajstić information content (AvgIpc) is 3.46. The summed E-state index contributed by atoms with van der Waals surface area (Å²) >= 11 is 6.48. The highest BCUT2D eigenvalue weighted by Gasteiger charge is 2.62. The molecule has 13 heteroatoms. The van der Waals surface area contributed by atoms with Crippen LogP contribution in [0.5, 0.6) is 0 Å². The van der Waals surface area contributed by atoms with Gasteiger partial charge in [-0.3, -0.25) is 34.7 Å². The molecular formula is C39H52ClN5O7. The van der Waals surface area contributed by atoms with Gasteiger partial charge in [0.15, 0.2) is 18.4 Å². The number of pyridine rings is 1. The molecule has 3 N–H and O–H groups in total. The molecule has 1 unspecified atom stereocenters. The van der Waals surface area contributed by atoms with Gasteiger partial charge in [0.2, 0.25) is 0 Å². The minimum absolute atomic E-state index is 0.0374. The van der Waals surface area contributed by atoms with E-state index < -0.39 is 47.6 Å². The van der Waals surface area contributed by atoms with Crippen molar-refractivity contribution in [3.8, 4) is 0 Å². The number of rotatable bonds is 8. The number of nitrogens with zero attached hydrogens (tertiary/aromatic N) is 4. The van der Waals surface area contributed by atoms with E-state index >= 15 is 0 Å². The van der Waals surface area contributed by atoms with Crippen LogP contribution in [0.1, 0.15) is 58.1 Å². The van der Waals surface area contributed by atoms with Crippen molar-refractivity contribution in [1.82, 2.24) is 20.1 Å². The molecule has 12 nitrogen and oxygen atoms in total. The predicted molar refractivity (Wildman–Crippen MR) is 195 cm³/mol. The molecule has 4 heterocycles. The maximum Gasteiger partial charge on any atom is 0.323 e. The lowest BCUT2D eigenvalue weighted by molar-refractivity contribution is -0.225. The number of aromatic nitrogens is 1. The SMILES string of the molecule is CC(=O)O[C@@H]1C(C)=C[C@@H]2[C@H](C(C)CN3CCN(Cc4ccncc4)CC3)CC[C@@H](C)[C@]2(O)[C@H]1OC(=O)[C@@H]1C[C@@]2(O)c3cccc(Cl)c3N(C)O[C@H]2N1. The van der Waals surface area contributed by atoms with Gasteiger partial charge in [0.1, 0.15) is 17.2 Å². The number of hydrogen-bond acceptors (Lipinski definition) is 12. The molecule has 5 aliphatic rings. The first-order valence-electron chi connectivity index (χ1n) is 18.6. The number of carbonyl (C=O) groups excluding carboxylic acids is 2. The third-order valence-corrected chi connectivity index (χ3v) is 12.7. The van der Waals surface area contributed by atoms with Gasteiger partial charge in [0.25, 0.3) is 0 Å². The van der Waals surface area contributed by atoms with Crippen molar-refractivity contribution in [2.45, 2.75) is 89.2 Å². The first-order valence-corrected chi connectivity index (χ1v) is 19.0. The smallest absolute Gasteiger partial charge is 0.323 e. The van der Waals surface area contributed by atoms with E-state index in [4.69, 9.17) is 25.9 Å². The van der Waals surface area contributed by atoms with Gasteiger partial charge in [-0.15, -0.1) is 0 Å². The van der Waals surface area contributed by atoms with Crippen LogP contribution in [-0.2, 0) is 36.0 Å². The molecule has 2 saturated heterocycles. The minimum Gasteiger partial charge on any atom is -0.454 e. The molecule has 3 aliphatic heterocycles. The zero-order valence-electron chi connectivity index (χ0n) is 30.7. The maximum atomic E-state index is 14.2. The molecular weight excluding hydrogens is 686 g/mol. The number of aliphatic hydroxyl groups is 2. The highest BCUT2D eigenvalue weighted by atomic mass is 35.5. The Labute approximate surface area is 311 Å². The van der Waals surface area contributed by atoms with Crippen LogP contribution in [0, 0.1) is 23.7 Å². The second-order valence-corrected chi connectivity index (χ2v) is 16.1. The number of para-hydroxylation sites is 1. The number of carbonyl (C=O) groups is 2. The van der Waals surface area contributed by atoms with Crippen molar-refractivity contribution in [2.24, 2.45) is 23.7 Å². The lowest BCUT2D eigenvalue weighted by atomic mass is 9.55. The Hall–Kier alpha value is -3.10. The molecule has 10 atom stereocenters. The quantitative estimate of drug-likeness (QED) is 0.270. The van der Waals surface area contributed by atoms with Gasteiger partial charge in [-0.1, -0.05) is 43.7 Å². The molecule has 2 aliphatic carbocycles. The van der Waals surface area contributed by atoms with E-state index in [9.17, 15) is 19.8 Å². The van der Waals surface area contributed by atoms with Crippen molar-refractivity contribution in [1.29, 1.82) is 0 Å². The second-order valence-electron chi connectivity index (χ2n) is 15.7. The molecule has 52 heavy (non-hydrogen) atoms. The summed E-state index contributed by atoms with van der Waals surface area (Å²) in [4.78, 5) is 41.7. The number of halogens is 1. The number of hydroxylamine groups is 1. The highest BCUT2D eigenvalue weighted by Crippen LogP contribution is 2.53. The molecule has 3 fully saturated rings. The molecule has 282 valence electrons. The van der Waals surface area contributed by atoms with Crippen LogP contribution in [0.3, 0.4) is 0 Å². The van der Waals surface area contributed by atoms with Gasteiger partial charge in [-0.25, -0.2) is 0 Å². The van der Waals surface area contributed by atoms with Crippen LogP contribution in [0.4, 0.5) is 5.69 Å². The van der Waals surface area contributed by atoms with Crippen molar-refractivity contribution in [3.63, 3.8) is 0 Å². The summed E-state index contributed by atoms with van der Waals surface area (Å²) in [5.41, 5.74) is 0.0392. The van der Waals surface area contributed by atoms with E-state index in [2.05, 4.69) is 45.2 Å². The minimum atomic E-state index is -1.56. The number of piperazine rings is 1. The molecule has 1 aromatic carbocycles. The third-order valence-electron chi connectivity index (χ3n) is 12.4. The molecule has 0 spiro atoms. The fraction of sp³-hybridized carbons (Fsp3) is 0.615. The monoisotopic (exact) mass is 737 g/mol. The van der Waals surface area contributed by atoms with Crippen LogP contribution in [-0.4, -0.2) is 107 Å². The lowest BCUT2D eigenvalue weighted by Crippen LogP contribution is -2.66. The largest absolute Gasteiger partial charge is 0.454 e. The lowest BCUT2D eigenvalue weighted by Gasteiger charge is -2.56. The van der Waals surface area contributed by atoms with E-state index in [0.717, 1.165) is 57.7 Å². The Balaban J connectivity index is 1.08. The zero-order chi connectivity index (χ0) is 36.9. The highest BCUT2D eigenvalue weighted by molar-refractivity contribution is 6.33. The first kappa shape index (κ1) is 37.2. The molecule has 1 saturated carbocycles. The van der Waals surface area contributed by atoms with E-state index in [-0.39, 0.29) is 30.1 Å². The normalized spacial score (nSPS) is 35.5. The van der Waals surface area contributed by atoms with Crippen molar-refractivity contribution in [2.75, 3.05) is 44.8 Å². The van der Waals surface area contributed by atoms with Crippen molar-refractivity contribution < 1.29 is 34.1 Å². The fourth-order valence-corrected chi connectivity index (χ4v) is 9.87. The van der Waals surface area contributed by atoms with E-state index in [0.29, 0.717) is 16.3 Å². The van der Waals surface area contributed by atoms with Crippen LogP contribution in [0.25, 0.3) is 0 Å². The first-order chi connectivity index (χ1) is 24.8. The van der Waals surface area contributed by atoms with Gasteiger partial charge >= 0.3 is 11.9 Å². The molecule has 7 rings (SSSR count). The molecule has 1 aromatic heterocycles. The van der Waals surface area contributed by atoms with Gasteiger partial charge in [-0.2, -0.15) is 0 Å². The molecule has 2 aromatic rings. The number of esters is 2. The molecule has 0 radical (unpaired) electrons. The zero-order valence-corrected chi connectivity index (χ0v) is 31.5. The van der Waals surface area contributed by atoms with Gasteiger partial charge in [0, 0.05) is 83.5 Å². The summed E-state index contributed by atoms with van der Waals surface area (Å²) in [7, 11) is 1.69. The summed E-state index contributed by atoms with van der Waals surface area (Å²) in [6, 6.07) is 8.41. The summed E-state index contributed by atoms with van der Waals surface area (Å²) < 4.78 is 12.2. The molecule has 0 amide bonds. The van der Waals surface area contributed by atoms with Gasteiger partial charge < -0.3 is 24.6 Å². The van der Waals surface area contributed by atoms with E-state index in [1.807, 2.05) is 26.2 Å². The molecule has 0 bridgehead atoms. The Morgan fingerprint density at radius 2 is 1.81 bits per heavy atom. The number of benzene rings is 1. The summed E-state index contributed by atoms with van der Waals surface area (Å²) in [5.74, 6) is -1.39. The Morgan fingerprint density at radius 3 is 2.52 bits per heavy atom. The van der Waals surface area contributed by atoms with E-state index in [1.165, 1.54) is 17.6 Å². The summed E-state index contributed by atoms with van der Waals surface area (Å²) in [6.45, 7) is 13.2. The average molecular weight is 738 g/mol. The number of fused-ring (bicyclic) bond motifs is 4. The predicted octanol–water partition coefficient (Wildman–Crippen LogP) is 3.64. The second kappa shape index (κ2) is 14.6. The van der Waals surface area contributed by atoms with Crippen LogP contribution < -0.4 is 10.4 Å². The van der Waals surface area contributed by atoms with Gasteiger partial charge in [0.05, 0.1) is 10.7 Å². The van der Waals surface area contributed by atoms with Gasteiger partial charge in [-0.05, 0) is 66.9 Å². The summed E-state index contributed by atoms with van der Waals surface area (Å²) in [6.07, 6.45) is 4.32. The topological polar surface area (TPSA) is 137 Å². The van der Waals surface area contributed by atoms with E-state index in [1.54, 1.807) is 25.2 Å². The fourth-order valence-electron chi connectivity index (χ4n) is 9.58. The number of ether oxygens (including phenoxy) is 2. The van der Waals surface area contributed by atoms with Crippen molar-refractivity contribution in [3.05, 3.63) is 70.5 Å². The standard InChI is InChI=1S/C39H52ClN5O7/c1-23-19-30-28(24(2)21-44-15-17-45(18-16-44)22-27-11-13-41-14-12-27)10-9-25(3)39(30,49)35(34(23)50-26(4)46)51-36(47)32-20-38(48)29-7-6-8-31(40)33(29)43(5)52-37(38)42-32/h6-8,11-14,19,24-25,28,30,32,34-35,37,42,48-49H,9-10,15-18,20-22H2,1-5H3/t24?,25-,28+,30-,32+,34-,35+,37-,38-,39-/m1/s1. The van der Waals surface area contributed by atoms with Crippen LogP contribution >= 0.6 is 11.6 Å². The van der Waals surface area contributed by atoms with Crippen molar-refractivity contribution >= 4 is 29.2 Å². The van der Waals surface area contributed by atoms with Crippen LogP contribution in [0.2, 0.25) is 5.02 Å². The summed E-state index contributed by atoms with van der Waals surface area (Å²) in [5, 5.41) is 29.9. The van der Waals surface area contributed by atoms with Crippen LogP contribution in [0.15, 0.2) is 54.4 Å². The third kappa shape index (κ3) is 6.76. The Bertz CT molecular complexity index is 1670.